The van der Waals surface area contributed by atoms with Gasteiger partial charge in [0.15, 0.2) is 0 Å². The molecule has 20 heavy (non-hydrogen) atoms. The van der Waals surface area contributed by atoms with Gasteiger partial charge >= 0.3 is 0 Å². The number of carbonyl (C=O) groups excluding carboxylic acids is 1. The highest BCUT2D eigenvalue weighted by molar-refractivity contribution is 9.10. The van der Waals surface area contributed by atoms with Crippen LogP contribution in [0.4, 0.5) is 11.4 Å². The molecule has 0 aliphatic heterocycles. The van der Waals surface area contributed by atoms with Gasteiger partial charge in [-0.3, -0.25) is 4.79 Å². The summed E-state index contributed by atoms with van der Waals surface area (Å²) in [7, 11) is 1.55. The third kappa shape index (κ3) is 3.23. The van der Waals surface area contributed by atoms with Crippen LogP contribution in [0.2, 0.25) is 5.02 Å². The lowest BCUT2D eigenvalue weighted by Crippen LogP contribution is -2.14. The van der Waals surface area contributed by atoms with Crippen LogP contribution in [0.15, 0.2) is 40.9 Å². The van der Waals surface area contributed by atoms with E-state index in [4.69, 9.17) is 22.1 Å². The lowest BCUT2D eigenvalue weighted by atomic mass is 10.1. The monoisotopic (exact) mass is 354 g/mol. The van der Waals surface area contributed by atoms with E-state index in [0.717, 1.165) is 4.47 Å². The Labute approximate surface area is 130 Å². The molecule has 0 radical (unpaired) electrons. The molecule has 1 amide bonds. The maximum Gasteiger partial charge on any atom is 0.259 e. The number of ether oxygens (including phenoxy) is 1. The van der Waals surface area contributed by atoms with Gasteiger partial charge in [-0.15, -0.1) is 0 Å². The summed E-state index contributed by atoms with van der Waals surface area (Å²) in [6.45, 7) is 0. The van der Waals surface area contributed by atoms with Crippen LogP contribution in [0.3, 0.4) is 0 Å². The standard InChI is InChI=1S/C14H12BrClN2O2/c1-20-10-6-8(15)5-9(7-10)18-14(19)13-11(16)3-2-4-12(13)17/h2-7H,17H2,1H3,(H,18,19). The Morgan fingerprint density at radius 3 is 2.75 bits per heavy atom. The van der Waals surface area contributed by atoms with Crippen LogP contribution in [0, 0.1) is 0 Å². The second kappa shape index (κ2) is 6.15. The van der Waals surface area contributed by atoms with Gasteiger partial charge in [0.1, 0.15) is 5.75 Å². The van der Waals surface area contributed by atoms with E-state index in [1.165, 1.54) is 0 Å². The van der Waals surface area contributed by atoms with Crippen LogP contribution in [0.25, 0.3) is 0 Å². The van der Waals surface area contributed by atoms with Crippen molar-refractivity contribution in [2.45, 2.75) is 0 Å². The second-order valence-corrected chi connectivity index (χ2v) is 5.36. The van der Waals surface area contributed by atoms with E-state index in [1.807, 2.05) is 0 Å². The molecule has 0 saturated carbocycles. The van der Waals surface area contributed by atoms with Crippen LogP contribution in [0.1, 0.15) is 10.4 Å². The topological polar surface area (TPSA) is 64.3 Å². The van der Waals surface area contributed by atoms with Crippen molar-refractivity contribution in [2.24, 2.45) is 0 Å². The fourth-order valence-corrected chi connectivity index (χ4v) is 2.47. The summed E-state index contributed by atoms with van der Waals surface area (Å²) in [5.41, 5.74) is 6.95. The van der Waals surface area contributed by atoms with E-state index in [0.29, 0.717) is 22.1 Å². The molecule has 2 aromatic rings. The predicted octanol–water partition coefficient (Wildman–Crippen LogP) is 3.95. The third-order valence-corrected chi connectivity index (χ3v) is 3.41. The number of hydrogen-bond acceptors (Lipinski definition) is 3. The van der Waals surface area contributed by atoms with E-state index in [9.17, 15) is 4.79 Å². The molecule has 6 heteroatoms. The van der Waals surface area contributed by atoms with Crippen molar-refractivity contribution >= 4 is 44.8 Å². The number of halogens is 2. The number of amides is 1. The number of nitrogens with one attached hydrogen (secondary N) is 1. The lowest BCUT2D eigenvalue weighted by Gasteiger charge is -2.10. The molecule has 0 atom stereocenters. The molecule has 2 aromatic carbocycles. The Morgan fingerprint density at radius 2 is 2.10 bits per heavy atom. The Hall–Kier alpha value is -1.72. The molecule has 0 aromatic heterocycles. The molecule has 0 saturated heterocycles. The average Bonchev–Trinajstić information content (AvgIpc) is 2.37. The first-order valence-corrected chi connectivity index (χ1v) is 6.88. The number of nitrogen functional groups attached to an aromatic ring is 1. The molecule has 3 N–H and O–H groups in total. The first kappa shape index (κ1) is 14.7. The van der Waals surface area contributed by atoms with Gasteiger partial charge in [0.2, 0.25) is 0 Å². The molecule has 104 valence electrons. The smallest absolute Gasteiger partial charge is 0.259 e. The van der Waals surface area contributed by atoms with Crippen LogP contribution in [-0.4, -0.2) is 13.0 Å². The lowest BCUT2D eigenvalue weighted by molar-refractivity contribution is 0.102. The fraction of sp³-hybridized carbons (Fsp3) is 0.0714. The molecule has 2 rings (SSSR count). The molecule has 0 heterocycles. The highest BCUT2D eigenvalue weighted by Gasteiger charge is 2.14. The highest BCUT2D eigenvalue weighted by Crippen LogP contribution is 2.27. The molecule has 0 aliphatic rings. The molecule has 0 unspecified atom stereocenters. The summed E-state index contributed by atoms with van der Waals surface area (Å²) in [4.78, 5) is 12.2. The zero-order valence-electron chi connectivity index (χ0n) is 10.6. The van der Waals surface area contributed by atoms with Gasteiger partial charge in [-0.2, -0.15) is 0 Å². The van der Waals surface area contributed by atoms with Gasteiger partial charge in [0, 0.05) is 21.9 Å². The molecular weight excluding hydrogens is 344 g/mol. The van der Waals surface area contributed by atoms with E-state index >= 15 is 0 Å². The molecule has 0 spiro atoms. The van der Waals surface area contributed by atoms with E-state index in [2.05, 4.69) is 21.2 Å². The van der Waals surface area contributed by atoms with Crippen molar-refractivity contribution < 1.29 is 9.53 Å². The van der Waals surface area contributed by atoms with Gasteiger partial charge in [0.25, 0.3) is 5.91 Å². The number of nitrogens with two attached hydrogens (primary N) is 1. The van der Waals surface area contributed by atoms with Gasteiger partial charge in [0.05, 0.1) is 17.7 Å². The fourth-order valence-electron chi connectivity index (χ4n) is 1.73. The number of benzene rings is 2. The minimum atomic E-state index is -0.367. The maximum atomic E-state index is 12.2. The largest absolute Gasteiger partial charge is 0.497 e. The Balaban J connectivity index is 2.30. The molecule has 0 bridgehead atoms. The summed E-state index contributed by atoms with van der Waals surface area (Å²) >= 11 is 9.35. The molecule has 0 fully saturated rings. The van der Waals surface area contributed by atoms with Crippen LogP contribution in [-0.2, 0) is 0 Å². The van der Waals surface area contributed by atoms with Crippen LogP contribution in [0.5, 0.6) is 5.75 Å². The Bertz CT molecular complexity index is 641. The van der Waals surface area contributed by atoms with Gasteiger partial charge in [-0.25, -0.2) is 0 Å². The van der Waals surface area contributed by atoms with Crippen molar-refractivity contribution in [3.05, 3.63) is 51.5 Å². The van der Waals surface area contributed by atoms with Gasteiger partial charge in [-0.05, 0) is 24.3 Å². The SMILES string of the molecule is COc1cc(Br)cc(NC(=O)c2c(N)cccc2Cl)c1. The number of anilines is 2. The third-order valence-electron chi connectivity index (χ3n) is 2.64. The van der Waals surface area contributed by atoms with E-state index in [-0.39, 0.29) is 11.5 Å². The molecule has 4 nitrogen and oxygen atoms in total. The minimum Gasteiger partial charge on any atom is -0.497 e. The van der Waals surface area contributed by atoms with Crippen LogP contribution >= 0.6 is 27.5 Å². The average molecular weight is 356 g/mol. The summed E-state index contributed by atoms with van der Waals surface area (Å²) in [5, 5.41) is 3.05. The summed E-state index contributed by atoms with van der Waals surface area (Å²) in [6.07, 6.45) is 0. The first-order chi connectivity index (χ1) is 9.51. The minimum absolute atomic E-state index is 0.258. The summed E-state index contributed by atoms with van der Waals surface area (Å²) in [6, 6.07) is 10.2. The summed E-state index contributed by atoms with van der Waals surface area (Å²) in [5.74, 6) is 0.259. The predicted molar refractivity (Wildman–Crippen MR) is 84.5 cm³/mol. The van der Waals surface area contributed by atoms with Crippen LogP contribution < -0.4 is 15.8 Å². The zero-order chi connectivity index (χ0) is 14.7. The van der Waals surface area contributed by atoms with E-state index < -0.39 is 0 Å². The Morgan fingerprint density at radius 1 is 1.35 bits per heavy atom. The van der Waals surface area contributed by atoms with Crippen molar-refractivity contribution in [3.8, 4) is 5.75 Å². The highest BCUT2D eigenvalue weighted by atomic mass is 79.9. The van der Waals surface area contributed by atoms with Gasteiger partial charge < -0.3 is 15.8 Å². The molecular formula is C14H12BrClN2O2. The van der Waals surface area contributed by atoms with Crippen molar-refractivity contribution in [1.29, 1.82) is 0 Å². The summed E-state index contributed by atoms with van der Waals surface area (Å²) < 4.78 is 5.93. The molecule has 0 aliphatic carbocycles. The normalized spacial score (nSPS) is 10.2. The van der Waals surface area contributed by atoms with E-state index in [1.54, 1.807) is 43.5 Å². The zero-order valence-corrected chi connectivity index (χ0v) is 13.0. The van der Waals surface area contributed by atoms with Crippen molar-refractivity contribution in [3.63, 3.8) is 0 Å². The number of hydrogen-bond donors (Lipinski definition) is 2. The first-order valence-electron chi connectivity index (χ1n) is 5.71. The Kier molecular flexibility index (Phi) is 4.52. The maximum absolute atomic E-state index is 12.2. The van der Waals surface area contributed by atoms with Crippen molar-refractivity contribution in [2.75, 3.05) is 18.2 Å². The number of rotatable bonds is 3. The number of carbonyl (C=O) groups is 1. The second-order valence-electron chi connectivity index (χ2n) is 4.04. The number of methoxy groups -OCH3 is 1. The van der Waals surface area contributed by atoms with Gasteiger partial charge in [-0.1, -0.05) is 33.6 Å². The quantitative estimate of drug-likeness (QED) is 0.820. The van der Waals surface area contributed by atoms with Crippen molar-refractivity contribution in [1.82, 2.24) is 0 Å².